The Balaban J connectivity index is 1.14. The number of rotatable bonds is 4. The molecule has 0 bridgehead atoms. The molecule has 0 N–H and O–H groups in total. The van der Waals surface area contributed by atoms with E-state index in [1.165, 1.54) is 33.6 Å². The van der Waals surface area contributed by atoms with Crippen molar-refractivity contribution in [3.8, 4) is 56.4 Å². The Morgan fingerprint density at radius 3 is 1.30 bits per heavy atom. The number of benzene rings is 7. The molecule has 0 saturated heterocycles. The fourth-order valence-electron chi connectivity index (χ4n) is 7.33. The summed E-state index contributed by atoms with van der Waals surface area (Å²) in [5, 5.41) is 0. The lowest BCUT2D eigenvalue weighted by Crippen LogP contribution is -2.24. The lowest BCUT2D eigenvalue weighted by molar-refractivity contribution is 1.07. The van der Waals surface area contributed by atoms with E-state index in [-0.39, 0.29) is 0 Å². The first-order valence-corrected chi connectivity index (χ1v) is 16.8. The van der Waals surface area contributed by atoms with Gasteiger partial charge in [0.25, 0.3) is 0 Å². The molecule has 234 valence electrons. The molecule has 2 aliphatic heterocycles. The molecule has 0 unspecified atom stereocenters. The van der Waals surface area contributed by atoms with Gasteiger partial charge < -0.3 is 9.80 Å². The van der Waals surface area contributed by atoms with Gasteiger partial charge in [0.05, 0.1) is 28.4 Å². The second kappa shape index (κ2) is 11.4. The van der Waals surface area contributed by atoms with E-state index < -0.39 is 0 Å². The third-order valence-corrected chi connectivity index (χ3v) is 9.58. The quantitative estimate of drug-likeness (QED) is 0.192. The molecule has 10 rings (SSSR count). The van der Waals surface area contributed by atoms with Crippen LogP contribution in [0.2, 0.25) is 0 Å². The normalized spacial score (nSPS) is 12.3. The maximum atomic E-state index is 4.96. The van der Waals surface area contributed by atoms with Crippen LogP contribution in [-0.4, -0.2) is 15.0 Å². The Hall–Kier alpha value is -6.85. The van der Waals surface area contributed by atoms with E-state index in [0.717, 1.165) is 39.4 Å². The standard InChI is InChI=1S/C45H29N5/c1-3-14-30(15-4-1)43-46-44(31-16-5-2-6-17-31)48-45(47-43)32-26-28-33(29-27-32)49-39-23-11-12-24-40(39)50-38-22-10-9-20-36(38)34-18-7-8-19-35(34)37-21-13-25-41(49)42(37)50/h1-29H. The van der Waals surface area contributed by atoms with Crippen molar-refractivity contribution in [2.45, 2.75) is 0 Å². The van der Waals surface area contributed by atoms with E-state index >= 15 is 0 Å². The van der Waals surface area contributed by atoms with Crippen molar-refractivity contribution in [2.24, 2.45) is 0 Å². The Morgan fingerprint density at radius 1 is 0.280 bits per heavy atom. The topological polar surface area (TPSA) is 45.2 Å². The van der Waals surface area contributed by atoms with Crippen LogP contribution in [-0.2, 0) is 0 Å². The Kier molecular flexibility index (Phi) is 6.42. The minimum Gasteiger partial charge on any atom is -0.306 e. The number of nitrogens with zero attached hydrogens (tertiary/aromatic N) is 5. The van der Waals surface area contributed by atoms with Crippen LogP contribution in [0.15, 0.2) is 176 Å². The van der Waals surface area contributed by atoms with Crippen molar-refractivity contribution in [1.82, 2.24) is 15.0 Å². The summed E-state index contributed by atoms with van der Waals surface area (Å²) in [6.07, 6.45) is 0. The van der Waals surface area contributed by atoms with E-state index in [9.17, 15) is 0 Å². The summed E-state index contributed by atoms with van der Waals surface area (Å²) in [5.74, 6) is 1.93. The third-order valence-electron chi connectivity index (χ3n) is 9.58. The number of hydrogen-bond acceptors (Lipinski definition) is 5. The van der Waals surface area contributed by atoms with Gasteiger partial charge in [0, 0.05) is 33.5 Å². The predicted molar refractivity (Wildman–Crippen MR) is 203 cm³/mol. The average molecular weight is 640 g/mol. The van der Waals surface area contributed by atoms with Crippen LogP contribution in [0.25, 0.3) is 56.4 Å². The maximum absolute atomic E-state index is 4.96. The predicted octanol–water partition coefficient (Wildman–Crippen LogP) is 11.8. The minimum absolute atomic E-state index is 0.635. The zero-order valence-electron chi connectivity index (χ0n) is 27.0. The van der Waals surface area contributed by atoms with Crippen molar-refractivity contribution >= 4 is 34.1 Å². The minimum atomic E-state index is 0.635. The molecule has 3 heterocycles. The van der Waals surface area contributed by atoms with Gasteiger partial charge in [0.2, 0.25) is 0 Å². The smallest absolute Gasteiger partial charge is 0.164 e. The molecule has 5 nitrogen and oxygen atoms in total. The zero-order chi connectivity index (χ0) is 33.0. The first-order valence-electron chi connectivity index (χ1n) is 16.8. The van der Waals surface area contributed by atoms with E-state index in [1.54, 1.807) is 0 Å². The van der Waals surface area contributed by atoms with Gasteiger partial charge in [0.1, 0.15) is 0 Å². The summed E-state index contributed by atoms with van der Waals surface area (Å²) in [7, 11) is 0. The number of aromatic nitrogens is 3. The highest BCUT2D eigenvalue weighted by Crippen LogP contribution is 2.60. The van der Waals surface area contributed by atoms with Gasteiger partial charge in [-0.05, 0) is 59.7 Å². The molecule has 0 fully saturated rings. The highest BCUT2D eigenvalue weighted by molar-refractivity contribution is 6.12. The maximum Gasteiger partial charge on any atom is 0.164 e. The molecule has 8 aromatic rings. The van der Waals surface area contributed by atoms with Crippen molar-refractivity contribution in [1.29, 1.82) is 0 Å². The monoisotopic (exact) mass is 639 g/mol. The molecule has 1 aromatic heterocycles. The molecular formula is C45H29N5. The fourth-order valence-corrected chi connectivity index (χ4v) is 7.33. The zero-order valence-corrected chi connectivity index (χ0v) is 27.0. The molecule has 0 aliphatic carbocycles. The van der Waals surface area contributed by atoms with Gasteiger partial charge in [-0.15, -0.1) is 0 Å². The SMILES string of the molecule is c1ccc(-c2nc(-c3ccccc3)nc(-c3ccc(N4c5ccccc5N5c6ccccc6-c6ccccc6-c6cccc4c65)cc3)n2)cc1. The van der Waals surface area contributed by atoms with Crippen LogP contribution < -0.4 is 9.80 Å². The van der Waals surface area contributed by atoms with Crippen molar-refractivity contribution in [2.75, 3.05) is 9.80 Å². The lowest BCUT2D eigenvalue weighted by Gasteiger charge is -2.41. The second-order valence-corrected chi connectivity index (χ2v) is 12.5. The molecule has 2 aliphatic rings. The van der Waals surface area contributed by atoms with Crippen molar-refractivity contribution in [3.05, 3.63) is 176 Å². The van der Waals surface area contributed by atoms with E-state index in [1.807, 2.05) is 60.7 Å². The van der Waals surface area contributed by atoms with Crippen LogP contribution in [0.1, 0.15) is 0 Å². The van der Waals surface area contributed by atoms with Crippen LogP contribution in [0.4, 0.5) is 34.1 Å². The van der Waals surface area contributed by atoms with Gasteiger partial charge in [0.15, 0.2) is 17.5 Å². The van der Waals surface area contributed by atoms with Gasteiger partial charge in [-0.3, -0.25) is 0 Å². The molecule has 0 amide bonds. The highest BCUT2D eigenvalue weighted by atomic mass is 15.3. The first-order chi connectivity index (χ1) is 24.8. The molecule has 50 heavy (non-hydrogen) atoms. The van der Waals surface area contributed by atoms with Crippen LogP contribution in [0, 0.1) is 0 Å². The molecule has 0 atom stereocenters. The molecule has 0 saturated carbocycles. The van der Waals surface area contributed by atoms with Gasteiger partial charge in [-0.2, -0.15) is 0 Å². The van der Waals surface area contributed by atoms with Crippen molar-refractivity contribution < 1.29 is 0 Å². The Morgan fingerprint density at radius 2 is 0.700 bits per heavy atom. The average Bonchev–Trinajstić information content (AvgIpc) is 3.32. The number of hydrogen-bond donors (Lipinski definition) is 0. The summed E-state index contributed by atoms with van der Waals surface area (Å²) < 4.78 is 0. The van der Waals surface area contributed by atoms with Crippen LogP contribution in [0.3, 0.4) is 0 Å². The largest absolute Gasteiger partial charge is 0.306 e. The molecule has 0 spiro atoms. The summed E-state index contributed by atoms with van der Waals surface area (Å²) in [4.78, 5) is 19.6. The number of fused-ring (bicyclic) bond motifs is 7. The lowest BCUT2D eigenvalue weighted by atomic mass is 9.94. The Bertz CT molecular complexity index is 2490. The Labute approximate surface area is 290 Å². The molecule has 0 radical (unpaired) electrons. The molecular weight excluding hydrogens is 611 g/mol. The van der Waals surface area contributed by atoms with Crippen LogP contribution in [0.5, 0.6) is 0 Å². The van der Waals surface area contributed by atoms with Gasteiger partial charge in [-0.25, -0.2) is 15.0 Å². The molecule has 7 aromatic carbocycles. The summed E-state index contributed by atoms with van der Waals surface area (Å²) in [6, 6.07) is 61.6. The van der Waals surface area contributed by atoms with Crippen LogP contribution >= 0.6 is 0 Å². The first kappa shape index (κ1) is 28.2. The summed E-state index contributed by atoms with van der Waals surface area (Å²) >= 11 is 0. The summed E-state index contributed by atoms with van der Waals surface area (Å²) in [6.45, 7) is 0. The van der Waals surface area contributed by atoms with E-state index in [0.29, 0.717) is 17.5 Å². The molecule has 5 heteroatoms. The highest BCUT2D eigenvalue weighted by Gasteiger charge is 2.35. The van der Waals surface area contributed by atoms with Crippen molar-refractivity contribution in [3.63, 3.8) is 0 Å². The summed E-state index contributed by atoms with van der Waals surface area (Å²) in [5.41, 5.74) is 14.5. The van der Waals surface area contributed by atoms with E-state index in [2.05, 4.69) is 125 Å². The number of anilines is 6. The third kappa shape index (κ3) is 4.45. The van der Waals surface area contributed by atoms with Gasteiger partial charge in [-0.1, -0.05) is 127 Å². The second-order valence-electron chi connectivity index (χ2n) is 12.5. The number of para-hydroxylation sites is 4. The van der Waals surface area contributed by atoms with Gasteiger partial charge >= 0.3 is 0 Å². The van der Waals surface area contributed by atoms with E-state index in [4.69, 9.17) is 15.0 Å². The fraction of sp³-hybridized carbons (Fsp3) is 0.